The Morgan fingerprint density at radius 3 is 2.18 bits per heavy atom. The molecule has 5 rings (SSSR count). The van der Waals surface area contributed by atoms with Crippen molar-refractivity contribution < 1.29 is 33.3 Å². The second-order valence-corrected chi connectivity index (χ2v) is 8.60. The Bertz CT molecular complexity index is 1480. The zero-order valence-electron chi connectivity index (χ0n) is 20.0. The number of ether oxygens (including phenoxy) is 1. The van der Waals surface area contributed by atoms with Crippen molar-refractivity contribution in [1.82, 2.24) is 29.2 Å². The molecule has 17 heteroatoms. The molecule has 3 aromatic rings. The number of hydrogen-bond acceptors (Lipinski definition) is 8. The highest BCUT2D eigenvalue weighted by Crippen LogP contribution is 2.31. The molecule has 39 heavy (non-hydrogen) atoms. The summed E-state index contributed by atoms with van der Waals surface area (Å²) in [5, 5.41) is 1.92. The largest absolute Gasteiger partial charge is 0.442 e. The maximum atomic E-state index is 15.2. The highest BCUT2D eigenvalue weighted by atomic mass is 19.3. The van der Waals surface area contributed by atoms with Crippen molar-refractivity contribution in [2.75, 3.05) is 36.0 Å². The SMILES string of the molecule is O=C(NC[C@H]1CN(c2cc(F)c(N3CCn4c(=O)n(-c5ncccn5)c(=O)n4CC3)c(F)c2)C(=O)O1)C(F)F.[HH]. The normalized spacial score (nSPS) is 17.3. The summed E-state index contributed by atoms with van der Waals surface area (Å²) in [4.78, 5) is 59.1. The molecule has 2 amide bonds. The first-order valence-electron chi connectivity index (χ1n) is 11.6. The lowest BCUT2D eigenvalue weighted by Gasteiger charge is -2.24. The lowest BCUT2D eigenvalue weighted by Crippen LogP contribution is -2.37. The van der Waals surface area contributed by atoms with Gasteiger partial charge in [-0.1, -0.05) is 0 Å². The number of hydrogen-bond donors (Lipinski definition) is 1. The Morgan fingerprint density at radius 2 is 1.62 bits per heavy atom. The van der Waals surface area contributed by atoms with Crippen molar-refractivity contribution in [3.05, 3.63) is 63.2 Å². The standard InChI is InChI=1S/C22H20F4N8O5.H2/c23-14-8-12(31-11-13(39-22(31)38)10-29-18(35)17(25)26)9-15(24)16(14)30-4-6-32-20(36)34(19-27-2-1-3-28-19)21(37)33(32)7-5-30;/h1-3,8-9,13,17H,4-7,10-11H2,(H,29,35);1H/t13-;/m0./s1. The molecule has 1 N–H and O–H groups in total. The van der Waals surface area contributed by atoms with E-state index >= 15 is 8.78 Å². The van der Waals surface area contributed by atoms with Gasteiger partial charge >= 0.3 is 23.9 Å². The third-order valence-electron chi connectivity index (χ3n) is 6.24. The Balaban J connectivity index is 0.00000370. The predicted octanol–water partition coefficient (Wildman–Crippen LogP) is 0.342. The average Bonchev–Trinajstić information content (AvgIpc) is 3.28. The molecule has 4 heterocycles. The molecule has 2 aliphatic rings. The summed E-state index contributed by atoms with van der Waals surface area (Å²) >= 11 is 0. The van der Waals surface area contributed by atoms with E-state index < -0.39 is 59.8 Å². The molecule has 1 atom stereocenters. The summed E-state index contributed by atoms with van der Waals surface area (Å²) in [5.74, 6) is -3.66. The van der Waals surface area contributed by atoms with Crippen LogP contribution < -0.4 is 26.5 Å². The third kappa shape index (κ3) is 4.82. The second-order valence-electron chi connectivity index (χ2n) is 8.60. The first kappa shape index (κ1) is 25.9. The van der Waals surface area contributed by atoms with E-state index in [1.807, 2.05) is 5.32 Å². The number of halogens is 4. The van der Waals surface area contributed by atoms with Gasteiger partial charge in [-0.2, -0.15) is 13.3 Å². The van der Waals surface area contributed by atoms with Gasteiger partial charge in [0.05, 0.1) is 31.9 Å². The number of fused-ring (bicyclic) bond motifs is 1. The monoisotopic (exact) mass is 554 g/mol. The number of rotatable bonds is 6. The molecular weight excluding hydrogens is 532 g/mol. The summed E-state index contributed by atoms with van der Waals surface area (Å²) < 4.78 is 63.2. The number of amides is 2. The van der Waals surface area contributed by atoms with Crippen LogP contribution in [-0.2, 0) is 22.6 Å². The molecule has 0 spiro atoms. The van der Waals surface area contributed by atoms with E-state index in [1.165, 1.54) is 23.4 Å². The van der Waals surface area contributed by atoms with Gasteiger partial charge in [-0.25, -0.2) is 42.5 Å². The van der Waals surface area contributed by atoms with Crippen LogP contribution in [0.3, 0.4) is 0 Å². The Labute approximate surface area is 217 Å². The van der Waals surface area contributed by atoms with E-state index in [-0.39, 0.29) is 45.8 Å². The Hall–Kier alpha value is -4.70. The van der Waals surface area contributed by atoms with E-state index in [2.05, 4.69) is 9.97 Å². The topological polar surface area (TPSA) is 137 Å². The smallest absolute Gasteiger partial charge is 0.414 e. The highest BCUT2D eigenvalue weighted by Gasteiger charge is 2.34. The van der Waals surface area contributed by atoms with Crippen LogP contribution in [0.5, 0.6) is 0 Å². The molecule has 0 saturated carbocycles. The third-order valence-corrected chi connectivity index (χ3v) is 6.24. The van der Waals surface area contributed by atoms with Crippen LogP contribution in [0.25, 0.3) is 5.95 Å². The van der Waals surface area contributed by atoms with Gasteiger partial charge in [0.15, 0.2) is 11.6 Å². The number of alkyl halides is 2. The molecule has 2 aliphatic heterocycles. The van der Waals surface area contributed by atoms with Gasteiger partial charge < -0.3 is 15.0 Å². The molecule has 13 nitrogen and oxygen atoms in total. The maximum absolute atomic E-state index is 15.2. The van der Waals surface area contributed by atoms with Crippen molar-refractivity contribution in [2.24, 2.45) is 0 Å². The predicted molar refractivity (Wildman–Crippen MR) is 127 cm³/mol. The van der Waals surface area contributed by atoms with Crippen molar-refractivity contribution in [1.29, 1.82) is 0 Å². The van der Waals surface area contributed by atoms with E-state index in [9.17, 15) is 28.0 Å². The molecule has 1 fully saturated rings. The number of carbonyl (C=O) groups excluding carboxylic acids is 2. The van der Waals surface area contributed by atoms with E-state index in [1.54, 1.807) is 0 Å². The average molecular weight is 554 g/mol. The minimum Gasteiger partial charge on any atom is -0.442 e. The fourth-order valence-corrected chi connectivity index (χ4v) is 4.44. The zero-order valence-corrected chi connectivity index (χ0v) is 20.0. The van der Waals surface area contributed by atoms with Crippen LogP contribution >= 0.6 is 0 Å². The van der Waals surface area contributed by atoms with Crippen LogP contribution in [-0.4, -0.2) is 74.6 Å². The molecule has 208 valence electrons. The van der Waals surface area contributed by atoms with Gasteiger partial charge in [0, 0.05) is 39.0 Å². The van der Waals surface area contributed by atoms with Gasteiger partial charge in [-0.05, 0) is 6.07 Å². The minimum absolute atomic E-state index is 0. The van der Waals surface area contributed by atoms with Crippen LogP contribution in [0.4, 0.5) is 33.7 Å². The van der Waals surface area contributed by atoms with Gasteiger partial charge in [0.2, 0.25) is 5.95 Å². The quantitative estimate of drug-likeness (QED) is 0.431. The van der Waals surface area contributed by atoms with Crippen LogP contribution in [0.1, 0.15) is 1.43 Å². The molecule has 1 aromatic carbocycles. The summed E-state index contributed by atoms with van der Waals surface area (Å²) in [7, 11) is 0. The molecule has 0 bridgehead atoms. The first-order chi connectivity index (χ1) is 18.7. The molecular formula is C22H22F4N8O5. The molecule has 0 radical (unpaired) electrons. The highest BCUT2D eigenvalue weighted by molar-refractivity contribution is 5.90. The number of cyclic esters (lactones) is 1. The second kappa shape index (κ2) is 10.2. The molecule has 0 aliphatic carbocycles. The number of carbonyl (C=O) groups is 2. The maximum Gasteiger partial charge on any atom is 0.414 e. The van der Waals surface area contributed by atoms with E-state index in [0.717, 1.165) is 31.0 Å². The number of benzene rings is 1. The van der Waals surface area contributed by atoms with Crippen LogP contribution in [0, 0.1) is 11.6 Å². The number of nitrogens with zero attached hydrogens (tertiary/aromatic N) is 7. The van der Waals surface area contributed by atoms with Gasteiger partial charge in [-0.3, -0.25) is 9.69 Å². The van der Waals surface area contributed by atoms with Crippen molar-refractivity contribution >= 4 is 23.4 Å². The van der Waals surface area contributed by atoms with E-state index in [4.69, 9.17) is 4.74 Å². The summed E-state index contributed by atoms with van der Waals surface area (Å²) in [5.41, 5.74) is -1.99. The number of anilines is 2. The zero-order chi connectivity index (χ0) is 27.8. The van der Waals surface area contributed by atoms with Crippen molar-refractivity contribution in [3.63, 3.8) is 0 Å². The van der Waals surface area contributed by atoms with Gasteiger partial charge in [-0.15, -0.1) is 0 Å². The number of aromatic nitrogens is 5. The summed E-state index contributed by atoms with van der Waals surface area (Å²) in [6.45, 7) is -0.827. The summed E-state index contributed by atoms with van der Waals surface area (Å²) in [6, 6.07) is 3.36. The van der Waals surface area contributed by atoms with Crippen LogP contribution in [0.15, 0.2) is 40.2 Å². The fourth-order valence-electron chi connectivity index (χ4n) is 4.44. The first-order valence-corrected chi connectivity index (χ1v) is 11.6. The van der Waals surface area contributed by atoms with Crippen molar-refractivity contribution in [2.45, 2.75) is 25.6 Å². The minimum atomic E-state index is -3.24. The lowest BCUT2D eigenvalue weighted by molar-refractivity contribution is -0.132. The Morgan fingerprint density at radius 1 is 1.03 bits per heavy atom. The number of nitrogens with one attached hydrogen (secondary N) is 1. The van der Waals surface area contributed by atoms with Gasteiger partial charge in [0.1, 0.15) is 11.8 Å². The van der Waals surface area contributed by atoms with Crippen molar-refractivity contribution in [3.8, 4) is 5.95 Å². The van der Waals surface area contributed by atoms with Gasteiger partial charge in [0.25, 0.3) is 5.91 Å². The molecule has 1 saturated heterocycles. The van der Waals surface area contributed by atoms with Crippen LogP contribution in [0.2, 0.25) is 0 Å². The molecule has 0 unspecified atom stereocenters. The lowest BCUT2D eigenvalue weighted by atomic mass is 10.2. The molecule has 2 aromatic heterocycles. The summed E-state index contributed by atoms with van der Waals surface area (Å²) in [6.07, 6.45) is -2.45. The Kier molecular flexibility index (Phi) is 6.80. The fraction of sp³-hybridized carbons (Fsp3) is 0.364. The van der Waals surface area contributed by atoms with E-state index in [0.29, 0.717) is 0 Å².